The topological polar surface area (TPSA) is 55.4 Å². The molecule has 0 fully saturated rings. The van der Waals surface area contributed by atoms with E-state index in [9.17, 15) is 9.59 Å². The van der Waals surface area contributed by atoms with Crippen molar-refractivity contribution in [3.8, 4) is 0 Å². The molecule has 22 heavy (non-hydrogen) atoms. The highest BCUT2D eigenvalue weighted by atomic mass is 32.1. The van der Waals surface area contributed by atoms with Crippen LogP contribution in [0.4, 0.5) is 5.00 Å². The second kappa shape index (κ2) is 7.27. The Bertz CT molecular complexity index is 562. The van der Waals surface area contributed by atoms with Crippen molar-refractivity contribution in [2.24, 2.45) is 11.8 Å². The van der Waals surface area contributed by atoms with E-state index in [-0.39, 0.29) is 11.9 Å². The Balaban J connectivity index is 2.31. The third kappa shape index (κ3) is 3.88. The van der Waals surface area contributed by atoms with Gasteiger partial charge in [-0.1, -0.05) is 20.8 Å². The molecular formula is C17H25NO3S. The molecule has 4 nitrogen and oxygen atoms in total. The van der Waals surface area contributed by atoms with Crippen LogP contribution in [0.15, 0.2) is 0 Å². The highest BCUT2D eigenvalue weighted by molar-refractivity contribution is 7.17. The first-order valence-corrected chi connectivity index (χ1v) is 8.85. The Morgan fingerprint density at radius 1 is 1.41 bits per heavy atom. The quantitative estimate of drug-likeness (QED) is 0.832. The molecule has 1 aromatic heterocycles. The lowest BCUT2D eigenvalue weighted by Crippen LogP contribution is -2.17. The zero-order valence-corrected chi connectivity index (χ0v) is 14.6. The van der Waals surface area contributed by atoms with Crippen molar-refractivity contribution in [1.82, 2.24) is 0 Å². The van der Waals surface area contributed by atoms with Gasteiger partial charge in [-0.05, 0) is 43.6 Å². The second-order valence-corrected chi connectivity index (χ2v) is 7.53. The van der Waals surface area contributed by atoms with Crippen molar-refractivity contribution >= 4 is 28.2 Å². The molecule has 1 heterocycles. The Kier molecular flexibility index (Phi) is 5.62. The van der Waals surface area contributed by atoms with Crippen molar-refractivity contribution < 1.29 is 14.3 Å². The third-order valence-corrected chi connectivity index (χ3v) is 5.01. The first-order chi connectivity index (χ1) is 10.4. The lowest BCUT2D eigenvalue weighted by molar-refractivity contribution is -0.116. The van der Waals surface area contributed by atoms with Gasteiger partial charge in [0.15, 0.2) is 0 Å². The Labute approximate surface area is 136 Å². The fourth-order valence-corrected chi connectivity index (χ4v) is 4.22. The average Bonchev–Trinajstić information content (AvgIpc) is 2.74. The summed E-state index contributed by atoms with van der Waals surface area (Å²) < 4.78 is 5.20. The number of esters is 1. The van der Waals surface area contributed by atoms with Crippen molar-refractivity contribution in [2.75, 3.05) is 11.9 Å². The van der Waals surface area contributed by atoms with Gasteiger partial charge in [0.1, 0.15) is 5.00 Å². The normalized spacial score (nSPS) is 17.2. The molecule has 0 spiro atoms. The summed E-state index contributed by atoms with van der Waals surface area (Å²) in [4.78, 5) is 25.6. The van der Waals surface area contributed by atoms with E-state index in [4.69, 9.17) is 4.74 Å². The molecule has 122 valence electrons. The van der Waals surface area contributed by atoms with E-state index in [0.29, 0.717) is 35.4 Å². The van der Waals surface area contributed by atoms with Gasteiger partial charge in [0.05, 0.1) is 12.2 Å². The first-order valence-electron chi connectivity index (χ1n) is 8.03. The molecule has 0 saturated carbocycles. The van der Waals surface area contributed by atoms with E-state index < -0.39 is 0 Å². The average molecular weight is 323 g/mol. The molecule has 0 saturated heterocycles. The third-order valence-electron chi connectivity index (χ3n) is 3.84. The highest BCUT2D eigenvalue weighted by Crippen LogP contribution is 2.40. The Morgan fingerprint density at radius 2 is 2.14 bits per heavy atom. The molecule has 1 atom stereocenters. The molecule has 1 aliphatic rings. The van der Waals surface area contributed by atoms with Gasteiger partial charge < -0.3 is 10.1 Å². The molecule has 0 aromatic carbocycles. The van der Waals surface area contributed by atoms with E-state index in [1.165, 1.54) is 4.88 Å². The Morgan fingerprint density at radius 3 is 2.77 bits per heavy atom. The van der Waals surface area contributed by atoms with E-state index >= 15 is 0 Å². The number of carbonyl (C=O) groups excluding carboxylic acids is 2. The van der Waals surface area contributed by atoms with Crippen LogP contribution in [0.3, 0.4) is 0 Å². The summed E-state index contributed by atoms with van der Waals surface area (Å²) in [5.41, 5.74) is 1.67. The summed E-state index contributed by atoms with van der Waals surface area (Å²) in [5, 5.41) is 3.60. The van der Waals surface area contributed by atoms with Gasteiger partial charge in [-0.3, -0.25) is 4.79 Å². The first kappa shape index (κ1) is 17.0. The van der Waals surface area contributed by atoms with Gasteiger partial charge >= 0.3 is 5.97 Å². The highest BCUT2D eigenvalue weighted by Gasteiger charge is 2.29. The van der Waals surface area contributed by atoms with Crippen LogP contribution in [0.5, 0.6) is 0 Å². The van der Waals surface area contributed by atoms with Crippen LogP contribution < -0.4 is 5.32 Å². The van der Waals surface area contributed by atoms with Crippen LogP contribution in [0.2, 0.25) is 0 Å². The smallest absolute Gasteiger partial charge is 0.341 e. The minimum Gasteiger partial charge on any atom is -0.462 e. The number of hydrogen-bond donors (Lipinski definition) is 1. The summed E-state index contributed by atoms with van der Waals surface area (Å²) in [6.07, 6.45) is 3.41. The molecule has 0 unspecified atom stereocenters. The molecule has 0 bridgehead atoms. The molecule has 0 aliphatic heterocycles. The number of thiophene rings is 1. The standard InChI is InChI=1S/C17H25NO3S/c1-5-21-17(20)15-12-7-6-11(4)9-13(12)22-16(15)18-14(19)8-10(2)3/h10-11H,5-9H2,1-4H3,(H,18,19)/t11-/m1/s1. The van der Waals surface area contributed by atoms with Gasteiger partial charge in [0.2, 0.25) is 5.91 Å². The lowest BCUT2D eigenvalue weighted by Gasteiger charge is -2.18. The number of nitrogens with one attached hydrogen (secondary N) is 1. The molecule has 1 N–H and O–H groups in total. The van der Waals surface area contributed by atoms with Crippen LogP contribution in [-0.2, 0) is 22.4 Å². The number of anilines is 1. The zero-order chi connectivity index (χ0) is 16.3. The van der Waals surface area contributed by atoms with Gasteiger partial charge in [-0.25, -0.2) is 4.79 Å². The summed E-state index contributed by atoms with van der Waals surface area (Å²) in [7, 11) is 0. The largest absolute Gasteiger partial charge is 0.462 e. The number of hydrogen-bond acceptors (Lipinski definition) is 4. The van der Waals surface area contributed by atoms with E-state index in [1.54, 1.807) is 18.3 Å². The molecule has 1 amide bonds. The fraction of sp³-hybridized carbons (Fsp3) is 0.647. The summed E-state index contributed by atoms with van der Waals surface area (Å²) >= 11 is 1.54. The monoisotopic (exact) mass is 323 g/mol. The van der Waals surface area contributed by atoms with Crippen LogP contribution in [0, 0.1) is 11.8 Å². The number of amides is 1. The van der Waals surface area contributed by atoms with E-state index in [0.717, 1.165) is 24.8 Å². The molecule has 2 rings (SSSR count). The van der Waals surface area contributed by atoms with Crippen molar-refractivity contribution in [2.45, 2.75) is 53.4 Å². The number of rotatable bonds is 5. The predicted octanol–water partition coefficient (Wildman–Crippen LogP) is 4.03. The lowest BCUT2D eigenvalue weighted by atomic mass is 9.88. The van der Waals surface area contributed by atoms with Gasteiger partial charge in [0, 0.05) is 11.3 Å². The van der Waals surface area contributed by atoms with Gasteiger partial charge in [-0.15, -0.1) is 11.3 Å². The summed E-state index contributed by atoms with van der Waals surface area (Å²) in [5.74, 6) is 0.572. The SMILES string of the molecule is CCOC(=O)c1c(NC(=O)CC(C)C)sc2c1CC[C@@H](C)C2. The summed E-state index contributed by atoms with van der Waals surface area (Å²) in [6, 6.07) is 0. The van der Waals surface area contributed by atoms with Crippen LogP contribution >= 0.6 is 11.3 Å². The molecule has 5 heteroatoms. The van der Waals surface area contributed by atoms with Crippen molar-refractivity contribution in [3.05, 3.63) is 16.0 Å². The zero-order valence-electron chi connectivity index (χ0n) is 13.8. The van der Waals surface area contributed by atoms with Crippen LogP contribution in [0.25, 0.3) is 0 Å². The predicted molar refractivity (Wildman–Crippen MR) is 89.5 cm³/mol. The van der Waals surface area contributed by atoms with Gasteiger partial charge in [-0.2, -0.15) is 0 Å². The number of ether oxygens (including phenoxy) is 1. The molecule has 0 radical (unpaired) electrons. The van der Waals surface area contributed by atoms with E-state index in [1.807, 2.05) is 13.8 Å². The Hall–Kier alpha value is -1.36. The van der Waals surface area contributed by atoms with Crippen molar-refractivity contribution in [1.29, 1.82) is 0 Å². The maximum absolute atomic E-state index is 12.3. The molecular weight excluding hydrogens is 298 g/mol. The number of fused-ring (bicyclic) bond motifs is 1. The minimum absolute atomic E-state index is 0.0350. The maximum Gasteiger partial charge on any atom is 0.341 e. The van der Waals surface area contributed by atoms with E-state index in [2.05, 4.69) is 12.2 Å². The molecule has 1 aromatic rings. The number of carbonyl (C=O) groups is 2. The second-order valence-electron chi connectivity index (χ2n) is 6.42. The van der Waals surface area contributed by atoms with Gasteiger partial charge in [0.25, 0.3) is 0 Å². The minimum atomic E-state index is -0.311. The van der Waals surface area contributed by atoms with Crippen LogP contribution in [0.1, 0.15) is 61.3 Å². The fourth-order valence-electron chi connectivity index (χ4n) is 2.81. The van der Waals surface area contributed by atoms with Crippen molar-refractivity contribution in [3.63, 3.8) is 0 Å². The van der Waals surface area contributed by atoms with Crippen LogP contribution in [-0.4, -0.2) is 18.5 Å². The maximum atomic E-state index is 12.3. The molecule has 1 aliphatic carbocycles. The summed E-state index contributed by atoms with van der Waals surface area (Å²) in [6.45, 7) is 8.39.